The molecule has 20 heavy (non-hydrogen) atoms. The summed E-state index contributed by atoms with van der Waals surface area (Å²) in [5.41, 5.74) is 2.59. The number of rotatable bonds is 8. The van der Waals surface area contributed by atoms with E-state index in [9.17, 15) is 0 Å². The van der Waals surface area contributed by atoms with Crippen LogP contribution in [0.15, 0.2) is 18.2 Å². The van der Waals surface area contributed by atoms with E-state index in [2.05, 4.69) is 44.3 Å². The molecule has 3 heteroatoms. The summed E-state index contributed by atoms with van der Waals surface area (Å²) in [6.45, 7) is 9.93. The lowest BCUT2D eigenvalue weighted by Gasteiger charge is -2.16. The SMILES string of the molecule is CCCCOCCNCc1ccc2c(c1)CC(C)(C)O2. The average Bonchev–Trinajstić information content (AvgIpc) is 2.71. The number of nitrogens with one attached hydrogen (secondary N) is 1. The van der Waals surface area contributed by atoms with Gasteiger partial charge in [0.2, 0.25) is 0 Å². The van der Waals surface area contributed by atoms with E-state index in [1.165, 1.54) is 17.5 Å². The van der Waals surface area contributed by atoms with Crippen molar-refractivity contribution in [3.63, 3.8) is 0 Å². The van der Waals surface area contributed by atoms with E-state index in [1.54, 1.807) is 0 Å². The second-order valence-corrected chi connectivity index (χ2v) is 6.12. The summed E-state index contributed by atoms with van der Waals surface area (Å²) in [6.07, 6.45) is 3.35. The van der Waals surface area contributed by atoms with Gasteiger partial charge in [0.05, 0.1) is 6.61 Å². The van der Waals surface area contributed by atoms with Gasteiger partial charge in [0.25, 0.3) is 0 Å². The van der Waals surface area contributed by atoms with E-state index in [1.807, 2.05) is 0 Å². The van der Waals surface area contributed by atoms with Gasteiger partial charge in [-0.3, -0.25) is 0 Å². The van der Waals surface area contributed by atoms with Crippen LogP contribution < -0.4 is 10.1 Å². The third-order valence-corrected chi connectivity index (χ3v) is 3.52. The highest BCUT2D eigenvalue weighted by atomic mass is 16.5. The highest BCUT2D eigenvalue weighted by molar-refractivity contribution is 5.41. The highest BCUT2D eigenvalue weighted by Gasteiger charge is 2.29. The predicted molar refractivity (Wildman–Crippen MR) is 82.3 cm³/mol. The lowest BCUT2D eigenvalue weighted by atomic mass is 10.0. The van der Waals surface area contributed by atoms with Crippen molar-refractivity contribution in [1.29, 1.82) is 0 Å². The molecular formula is C17H27NO2. The summed E-state index contributed by atoms with van der Waals surface area (Å²) in [4.78, 5) is 0. The lowest BCUT2D eigenvalue weighted by Crippen LogP contribution is -2.24. The molecule has 0 spiro atoms. The van der Waals surface area contributed by atoms with E-state index in [0.29, 0.717) is 0 Å². The van der Waals surface area contributed by atoms with Crippen LogP contribution in [0.2, 0.25) is 0 Å². The molecule has 1 N–H and O–H groups in total. The summed E-state index contributed by atoms with van der Waals surface area (Å²) in [5.74, 6) is 1.04. The molecule has 112 valence electrons. The number of hydrogen-bond acceptors (Lipinski definition) is 3. The Morgan fingerprint density at radius 2 is 2.15 bits per heavy atom. The maximum atomic E-state index is 5.89. The summed E-state index contributed by atoms with van der Waals surface area (Å²) >= 11 is 0. The van der Waals surface area contributed by atoms with Crippen molar-refractivity contribution >= 4 is 0 Å². The van der Waals surface area contributed by atoms with Gasteiger partial charge in [0, 0.05) is 26.1 Å². The summed E-state index contributed by atoms with van der Waals surface area (Å²) in [5, 5.41) is 3.42. The molecule has 0 atom stereocenters. The zero-order chi connectivity index (χ0) is 14.4. The van der Waals surface area contributed by atoms with Gasteiger partial charge >= 0.3 is 0 Å². The molecule has 0 saturated carbocycles. The Hall–Kier alpha value is -1.06. The molecule has 1 aliphatic heterocycles. The first-order chi connectivity index (χ1) is 9.61. The van der Waals surface area contributed by atoms with Crippen LogP contribution in [-0.4, -0.2) is 25.4 Å². The monoisotopic (exact) mass is 277 g/mol. The first-order valence-electron chi connectivity index (χ1n) is 7.70. The fourth-order valence-corrected chi connectivity index (χ4v) is 2.50. The van der Waals surface area contributed by atoms with Crippen molar-refractivity contribution in [1.82, 2.24) is 5.32 Å². The second-order valence-electron chi connectivity index (χ2n) is 6.12. The van der Waals surface area contributed by atoms with Gasteiger partial charge in [0.15, 0.2) is 0 Å². The van der Waals surface area contributed by atoms with Crippen molar-refractivity contribution in [2.45, 2.75) is 52.2 Å². The van der Waals surface area contributed by atoms with Crippen molar-refractivity contribution in [2.75, 3.05) is 19.8 Å². The molecule has 3 nitrogen and oxygen atoms in total. The van der Waals surface area contributed by atoms with E-state index in [-0.39, 0.29) is 5.60 Å². The van der Waals surface area contributed by atoms with Crippen LogP contribution in [0.3, 0.4) is 0 Å². The molecule has 0 radical (unpaired) electrons. The van der Waals surface area contributed by atoms with Gasteiger partial charge in [-0.05, 0) is 37.5 Å². The first-order valence-corrected chi connectivity index (χ1v) is 7.70. The Kier molecular flexibility index (Phi) is 5.44. The van der Waals surface area contributed by atoms with Gasteiger partial charge < -0.3 is 14.8 Å². The van der Waals surface area contributed by atoms with Crippen LogP contribution in [0.1, 0.15) is 44.7 Å². The topological polar surface area (TPSA) is 30.5 Å². The fraction of sp³-hybridized carbons (Fsp3) is 0.647. The minimum absolute atomic E-state index is 0.0541. The van der Waals surface area contributed by atoms with Gasteiger partial charge in [-0.1, -0.05) is 25.5 Å². The second kappa shape index (κ2) is 7.09. The minimum Gasteiger partial charge on any atom is -0.487 e. The Labute approximate surface area is 122 Å². The van der Waals surface area contributed by atoms with Crippen molar-refractivity contribution < 1.29 is 9.47 Å². The molecule has 0 saturated heterocycles. The summed E-state index contributed by atoms with van der Waals surface area (Å²) < 4.78 is 11.4. The zero-order valence-electron chi connectivity index (χ0n) is 13.0. The Morgan fingerprint density at radius 3 is 2.95 bits per heavy atom. The molecule has 1 aromatic carbocycles. The molecule has 1 aromatic rings. The number of benzene rings is 1. The molecule has 0 fully saturated rings. The molecule has 1 aliphatic rings. The average molecular weight is 277 g/mol. The van der Waals surface area contributed by atoms with E-state index in [0.717, 1.165) is 44.9 Å². The molecular weight excluding hydrogens is 250 g/mol. The largest absolute Gasteiger partial charge is 0.487 e. The zero-order valence-corrected chi connectivity index (χ0v) is 13.0. The van der Waals surface area contributed by atoms with Crippen molar-refractivity contribution in [3.05, 3.63) is 29.3 Å². The van der Waals surface area contributed by atoms with Crippen LogP contribution in [0.4, 0.5) is 0 Å². The normalized spacial score (nSPS) is 15.9. The van der Waals surface area contributed by atoms with Gasteiger partial charge in [-0.15, -0.1) is 0 Å². The van der Waals surface area contributed by atoms with E-state index < -0.39 is 0 Å². The standard InChI is InChI=1S/C17H27NO2/c1-4-5-9-19-10-8-18-13-14-6-7-16-15(11-14)12-17(2,3)20-16/h6-7,11,18H,4-5,8-10,12-13H2,1-3H3. The molecule has 0 unspecified atom stereocenters. The third-order valence-electron chi connectivity index (χ3n) is 3.52. The van der Waals surface area contributed by atoms with Crippen LogP contribution >= 0.6 is 0 Å². The maximum Gasteiger partial charge on any atom is 0.123 e. The van der Waals surface area contributed by atoms with Crippen LogP contribution in [-0.2, 0) is 17.7 Å². The van der Waals surface area contributed by atoms with Gasteiger partial charge in [0.1, 0.15) is 11.4 Å². The lowest BCUT2D eigenvalue weighted by molar-refractivity contribution is 0.133. The van der Waals surface area contributed by atoms with Gasteiger partial charge in [-0.2, -0.15) is 0 Å². The quantitative estimate of drug-likeness (QED) is 0.740. The first kappa shape index (κ1) is 15.3. The van der Waals surface area contributed by atoms with Gasteiger partial charge in [-0.25, -0.2) is 0 Å². The highest BCUT2D eigenvalue weighted by Crippen LogP contribution is 2.35. The maximum absolute atomic E-state index is 5.89. The Balaban J connectivity index is 1.70. The number of ether oxygens (including phenoxy) is 2. The smallest absolute Gasteiger partial charge is 0.123 e. The molecule has 0 aromatic heterocycles. The van der Waals surface area contributed by atoms with E-state index >= 15 is 0 Å². The molecule has 0 bridgehead atoms. The Bertz CT molecular complexity index is 429. The van der Waals surface area contributed by atoms with E-state index in [4.69, 9.17) is 9.47 Å². The van der Waals surface area contributed by atoms with Crippen LogP contribution in [0, 0.1) is 0 Å². The number of hydrogen-bond donors (Lipinski definition) is 1. The van der Waals surface area contributed by atoms with Crippen LogP contribution in [0.25, 0.3) is 0 Å². The molecule has 2 rings (SSSR count). The van der Waals surface area contributed by atoms with Crippen LogP contribution in [0.5, 0.6) is 5.75 Å². The third kappa shape index (κ3) is 4.50. The number of unbranched alkanes of at least 4 members (excludes halogenated alkanes) is 1. The van der Waals surface area contributed by atoms with Crippen molar-refractivity contribution in [3.8, 4) is 5.75 Å². The molecule has 1 heterocycles. The Morgan fingerprint density at radius 1 is 1.30 bits per heavy atom. The molecule has 0 aliphatic carbocycles. The summed E-state index contributed by atoms with van der Waals surface area (Å²) in [6, 6.07) is 6.50. The van der Waals surface area contributed by atoms with Crippen molar-refractivity contribution in [2.24, 2.45) is 0 Å². The summed E-state index contributed by atoms with van der Waals surface area (Å²) in [7, 11) is 0. The predicted octanol–water partition coefficient (Wildman–Crippen LogP) is 3.31. The molecule has 0 amide bonds. The fourth-order valence-electron chi connectivity index (χ4n) is 2.50. The minimum atomic E-state index is -0.0541. The number of fused-ring (bicyclic) bond motifs is 1.